The number of aromatic carboxylic acids is 1. The van der Waals surface area contributed by atoms with Crippen molar-refractivity contribution in [1.29, 1.82) is 0 Å². The number of hydrogen-bond donors (Lipinski definition) is 2. The number of nitrogens with zero attached hydrogens (tertiary/aromatic N) is 3. The quantitative estimate of drug-likeness (QED) is 0.729. The molecule has 0 fully saturated rings. The second-order valence-electron chi connectivity index (χ2n) is 4.80. The standard InChI is InChI=1S/C15H12N4O4S/c20-15(21)11-5-7-12(8-6-11)24(22,23)17-13-3-1-2-4-14(13)19-10-9-16-18-19/h1-10,17H,(H,20,21). The SMILES string of the molecule is O=C(O)c1ccc(S(=O)(=O)Nc2ccccc2-n2ccnn2)cc1. The summed E-state index contributed by atoms with van der Waals surface area (Å²) >= 11 is 0. The van der Waals surface area contributed by atoms with Crippen LogP contribution in [-0.4, -0.2) is 34.5 Å². The van der Waals surface area contributed by atoms with Crippen molar-refractivity contribution < 1.29 is 18.3 Å². The zero-order chi connectivity index (χ0) is 17.2. The van der Waals surface area contributed by atoms with Gasteiger partial charge in [0, 0.05) is 0 Å². The molecule has 8 nitrogen and oxygen atoms in total. The van der Waals surface area contributed by atoms with Crippen molar-refractivity contribution >= 4 is 21.7 Å². The molecule has 24 heavy (non-hydrogen) atoms. The van der Waals surface area contributed by atoms with Crippen LogP contribution in [0.15, 0.2) is 65.8 Å². The first-order valence-corrected chi connectivity index (χ1v) is 8.27. The van der Waals surface area contributed by atoms with Crippen molar-refractivity contribution in [3.8, 4) is 5.69 Å². The van der Waals surface area contributed by atoms with Gasteiger partial charge in [0.1, 0.15) is 0 Å². The van der Waals surface area contributed by atoms with Gasteiger partial charge in [-0.3, -0.25) is 4.72 Å². The Kier molecular flexibility index (Phi) is 4.00. The number of sulfonamides is 1. The molecular weight excluding hydrogens is 332 g/mol. The molecule has 0 aliphatic carbocycles. The first-order valence-electron chi connectivity index (χ1n) is 6.79. The lowest BCUT2D eigenvalue weighted by atomic mass is 10.2. The highest BCUT2D eigenvalue weighted by atomic mass is 32.2. The van der Waals surface area contributed by atoms with Crippen molar-refractivity contribution in [1.82, 2.24) is 15.0 Å². The minimum atomic E-state index is -3.87. The Morgan fingerprint density at radius 3 is 2.42 bits per heavy atom. The van der Waals surface area contributed by atoms with Crippen LogP contribution in [0.2, 0.25) is 0 Å². The lowest BCUT2D eigenvalue weighted by Crippen LogP contribution is -2.15. The molecule has 0 saturated heterocycles. The van der Waals surface area contributed by atoms with E-state index in [0.29, 0.717) is 11.4 Å². The topological polar surface area (TPSA) is 114 Å². The van der Waals surface area contributed by atoms with Gasteiger partial charge in [-0.15, -0.1) is 5.10 Å². The number of carboxylic acids is 1. The van der Waals surface area contributed by atoms with E-state index in [9.17, 15) is 13.2 Å². The summed E-state index contributed by atoms with van der Waals surface area (Å²) in [6.07, 6.45) is 3.07. The number of nitrogens with one attached hydrogen (secondary N) is 1. The molecule has 0 atom stereocenters. The Morgan fingerprint density at radius 2 is 1.79 bits per heavy atom. The van der Waals surface area contributed by atoms with Gasteiger partial charge < -0.3 is 5.11 Å². The predicted molar refractivity (Wildman–Crippen MR) is 85.6 cm³/mol. The largest absolute Gasteiger partial charge is 0.478 e. The van der Waals surface area contributed by atoms with E-state index >= 15 is 0 Å². The van der Waals surface area contributed by atoms with Crippen LogP contribution in [-0.2, 0) is 10.0 Å². The van der Waals surface area contributed by atoms with Gasteiger partial charge in [0.05, 0.1) is 34.2 Å². The second-order valence-corrected chi connectivity index (χ2v) is 6.48. The molecule has 122 valence electrons. The van der Waals surface area contributed by atoms with E-state index < -0.39 is 16.0 Å². The van der Waals surface area contributed by atoms with Crippen LogP contribution in [0, 0.1) is 0 Å². The average Bonchev–Trinajstić information content (AvgIpc) is 3.09. The molecule has 0 bridgehead atoms. The Labute approximate surface area is 137 Å². The highest BCUT2D eigenvalue weighted by molar-refractivity contribution is 7.92. The first kappa shape index (κ1) is 15.7. The van der Waals surface area contributed by atoms with Crippen LogP contribution in [0.3, 0.4) is 0 Å². The van der Waals surface area contributed by atoms with Crippen molar-refractivity contribution in [2.45, 2.75) is 4.90 Å². The lowest BCUT2D eigenvalue weighted by molar-refractivity contribution is 0.0696. The summed E-state index contributed by atoms with van der Waals surface area (Å²) in [7, 11) is -3.87. The summed E-state index contributed by atoms with van der Waals surface area (Å²) in [5.41, 5.74) is 0.850. The highest BCUT2D eigenvalue weighted by Gasteiger charge is 2.17. The summed E-state index contributed by atoms with van der Waals surface area (Å²) in [6, 6.07) is 11.7. The second kappa shape index (κ2) is 6.13. The average molecular weight is 344 g/mol. The minimum absolute atomic E-state index is 0.0111. The summed E-state index contributed by atoms with van der Waals surface area (Å²) in [5, 5.41) is 16.4. The van der Waals surface area contributed by atoms with Gasteiger partial charge in [-0.25, -0.2) is 17.9 Å². The van der Waals surface area contributed by atoms with Gasteiger partial charge in [0.25, 0.3) is 10.0 Å². The van der Waals surface area contributed by atoms with Crippen LogP contribution in [0.4, 0.5) is 5.69 Å². The van der Waals surface area contributed by atoms with Gasteiger partial charge in [-0.05, 0) is 36.4 Å². The molecule has 3 rings (SSSR count). The molecule has 9 heteroatoms. The maximum atomic E-state index is 12.5. The fraction of sp³-hybridized carbons (Fsp3) is 0. The molecule has 0 saturated carbocycles. The third-order valence-electron chi connectivity index (χ3n) is 3.23. The molecule has 1 aromatic heterocycles. The maximum absolute atomic E-state index is 12.5. The number of anilines is 1. The van der Waals surface area contributed by atoms with Crippen LogP contribution in [0.1, 0.15) is 10.4 Å². The fourth-order valence-electron chi connectivity index (χ4n) is 2.08. The summed E-state index contributed by atoms with van der Waals surface area (Å²) < 4.78 is 28.9. The molecular formula is C15H12N4O4S. The van der Waals surface area contributed by atoms with Crippen molar-refractivity contribution in [2.24, 2.45) is 0 Å². The Morgan fingerprint density at radius 1 is 1.08 bits per heavy atom. The molecule has 0 unspecified atom stereocenters. The lowest BCUT2D eigenvalue weighted by Gasteiger charge is -2.12. The van der Waals surface area contributed by atoms with Crippen LogP contribution in [0.25, 0.3) is 5.69 Å². The fourth-order valence-corrected chi connectivity index (χ4v) is 3.15. The van der Waals surface area contributed by atoms with E-state index in [4.69, 9.17) is 5.11 Å². The summed E-state index contributed by atoms with van der Waals surface area (Å²) in [5.74, 6) is -1.12. The van der Waals surface area contributed by atoms with Crippen LogP contribution < -0.4 is 4.72 Å². The van der Waals surface area contributed by atoms with Gasteiger partial charge in [-0.2, -0.15) is 0 Å². The Balaban J connectivity index is 1.94. The maximum Gasteiger partial charge on any atom is 0.335 e. The van der Waals surface area contributed by atoms with Crippen molar-refractivity contribution in [2.75, 3.05) is 4.72 Å². The van der Waals surface area contributed by atoms with Gasteiger partial charge in [-0.1, -0.05) is 17.3 Å². The molecule has 3 aromatic rings. The van der Waals surface area contributed by atoms with Gasteiger partial charge >= 0.3 is 5.97 Å². The Bertz CT molecular complexity index is 967. The summed E-state index contributed by atoms with van der Waals surface area (Å²) in [4.78, 5) is 10.8. The van der Waals surface area contributed by atoms with E-state index in [1.54, 1.807) is 30.5 Å². The first-order chi connectivity index (χ1) is 11.5. The molecule has 2 aromatic carbocycles. The number of carbonyl (C=O) groups is 1. The van der Waals surface area contributed by atoms with E-state index in [2.05, 4.69) is 15.0 Å². The predicted octanol–water partition coefficient (Wildman–Crippen LogP) is 1.77. The Hall–Kier alpha value is -3.20. The third kappa shape index (κ3) is 3.10. The van der Waals surface area contributed by atoms with Crippen molar-refractivity contribution in [3.63, 3.8) is 0 Å². The normalized spacial score (nSPS) is 11.2. The third-order valence-corrected chi connectivity index (χ3v) is 4.61. The molecule has 0 aliphatic heterocycles. The number of rotatable bonds is 5. The zero-order valence-corrected chi connectivity index (χ0v) is 13.0. The summed E-state index contributed by atoms with van der Waals surface area (Å²) in [6.45, 7) is 0. The monoisotopic (exact) mass is 344 g/mol. The van der Waals surface area contributed by atoms with E-state index in [-0.39, 0.29) is 10.5 Å². The molecule has 0 aliphatic rings. The van der Waals surface area contributed by atoms with Gasteiger partial charge in [0.2, 0.25) is 0 Å². The van der Waals surface area contributed by atoms with Crippen LogP contribution >= 0.6 is 0 Å². The molecule has 1 heterocycles. The number of para-hydroxylation sites is 2. The smallest absolute Gasteiger partial charge is 0.335 e. The van der Waals surface area contributed by atoms with Gasteiger partial charge in [0.15, 0.2) is 0 Å². The molecule has 0 radical (unpaired) electrons. The number of benzene rings is 2. The van der Waals surface area contributed by atoms with E-state index in [1.165, 1.54) is 35.1 Å². The number of hydrogen-bond acceptors (Lipinski definition) is 5. The van der Waals surface area contributed by atoms with E-state index in [0.717, 1.165) is 0 Å². The van der Waals surface area contributed by atoms with E-state index in [1.807, 2.05) is 0 Å². The van der Waals surface area contributed by atoms with Crippen molar-refractivity contribution in [3.05, 3.63) is 66.5 Å². The highest BCUT2D eigenvalue weighted by Crippen LogP contribution is 2.22. The number of carboxylic acid groups (broad SMARTS) is 1. The number of aromatic nitrogens is 3. The minimum Gasteiger partial charge on any atom is -0.478 e. The van der Waals surface area contributed by atoms with Crippen LogP contribution in [0.5, 0.6) is 0 Å². The molecule has 2 N–H and O–H groups in total. The zero-order valence-electron chi connectivity index (χ0n) is 12.2. The molecule has 0 amide bonds. The molecule has 0 spiro atoms.